The highest BCUT2D eigenvalue weighted by molar-refractivity contribution is 5.75. The van der Waals surface area contributed by atoms with E-state index in [9.17, 15) is 9.59 Å². The number of benzene rings is 1. The van der Waals surface area contributed by atoms with Gasteiger partial charge in [-0.15, -0.1) is 0 Å². The van der Waals surface area contributed by atoms with Gasteiger partial charge in [0.05, 0.1) is 0 Å². The third-order valence-electron chi connectivity index (χ3n) is 3.89. The zero-order chi connectivity index (χ0) is 17.4. The normalized spacial score (nSPS) is 12.6. The van der Waals surface area contributed by atoms with Gasteiger partial charge in [0.15, 0.2) is 11.5 Å². The van der Waals surface area contributed by atoms with Gasteiger partial charge in [-0.2, -0.15) is 0 Å². The van der Waals surface area contributed by atoms with E-state index in [0.29, 0.717) is 32.7 Å². The van der Waals surface area contributed by atoms with Crippen molar-refractivity contribution in [3.8, 4) is 11.5 Å². The first-order valence-corrected chi connectivity index (χ1v) is 8.43. The molecule has 0 atom stereocenters. The van der Waals surface area contributed by atoms with Crippen LogP contribution in [0.25, 0.3) is 0 Å². The van der Waals surface area contributed by atoms with Gasteiger partial charge < -0.3 is 19.7 Å². The first-order valence-electron chi connectivity index (χ1n) is 8.43. The molecule has 24 heavy (non-hydrogen) atoms. The van der Waals surface area contributed by atoms with Crippen LogP contribution < -0.4 is 14.8 Å². The summed E-state index contributed by atoms with van der Waals surface area (Å²) in [6.45, 7) is 3.88. The fourth-order valence-electron chi connectivity index (χ4n) is 2.58. The molecule has 0 radical (unpaired) electrons. The number of carbonyl (C=O) groups excluding carboxylic acids is 2. The molecule has 0 unspecified atom stereocenters. The highest BCUT2D eigenvalue weighted by Crippen LogP contribution is 2.31. The number of nitrogens with one attached hydrogen (secondary N) is 1. The minimum Gasteiger partial charge on any atom is -0.486 e. The van der Waals surface area contributed by atoms with E-state index in [1.807, 2.05) is 25.2 Å². The van der Waals surface area contributed by atoms with Gasteiger partial charge in [-0.05, 0) is 30.5 Å². The average Bonchev–Trinajstić information content (AvgIpc) is 2.57. The fraction of sp³-hybridized carbons (Fsp3) is 0.556. The molecule has 0 saturated heterocycles. The number of hydrogen-bond acceptors (Lipinski definition) is 4. The lowest BCUT2D eigenvalue weighted by Gasteiger charge is -2.21. The number of carbonyl (C=O) groups is 2. The molecule has 0 spiro atoms. The molecule has 0 aromatic heterocycles. The third kappa shape index (κ3) is 5.76. The molecule has 6 nitrogen and oxygen atoms in total. The highest BCUT2D eigenvalue weighted by Gasteiger charge is 2.14. The number of hydrogen-bond donors (Lipinski definition) is 1. The smallest absolute Gasteiger partial charge is 0.222 e. The Labute approximate surface area is 143 Å². The Morgan fingerprint density at radius 1 is 1.12 bits per heavy atom. The van der Waals surface area contributed by atoms with Crippen LogP contribution in [-0.2, 0) is 16.1 Å². The summed E-state index contributed by atoms with van der Waals surface area (Å²) in [5.41, 5.74) is 1.03. The molecule has 2 rings (SSSR count). The molecular weight excluding hydrogens is 308 g/mol. The van der Waals surface area contributed by atoms with E-state index in [1.165, 1.54) is 6.92 Å². The zero-order valence-electron chi connectivity index (χ0n) is 14.5. The topological polar surface area (TPSA) is 67.9 Å². The Balaban J connectivity index is 1.70. The lowest BCUT2D eigenvalue weighted by Crippen LogP contribution is -2.26. The molecule has 0 bridgehead atoms. The summed E-state index contributed by atoms with van der Waals surface area (Å²) in [4.78, 5) is 24.7. The quantitative estimate of drug-likeness (QED) is 0.740. The standard InChI is InChI=1S/C18H26N2O4/c1-14(21)19-9-5-3-4-6-18(22)20(2)13-15-7-8-16-17(12-15)24-11-10-23-16/h7-8,12H,3-6,9-11,13H2,1-2H3,(H,19,21). The second kappa shape index (κ2) is 9.15. The SMILES string of the molecule is CC(=O)NCCCCCC(=O)N(C)Cc1ccc2c(c1)OCCO2. The van der Waals surface area contributed by atoms with Gasteiger partial charge >= 0.3 is 0 Å². The molecule has 1 aromatic carbocycles. The van der Waals surface area contributed by atoms with Gasteiger partial charge in [0.2, 0.25) is 11.8 Å². The lowest BCUT2D eigenvalue weighted by atomic mass is 10.1. The molecule has 1 aromatic rings. The van der Waals surface area contributed by atoms with Crippen LogP contribution in [0, 0.1) is 0 Å². The average molecular weight is 334 g/mol. The first-order chi connectivity index (χ1) is 11.6. The van der Waals surface area contributed by atoms with Gasteiger partial charge in [-0.3, -0.25) is 9.59 Å². The van der Waals surface area contributed by atoms with Gasteiger partial charge in [-0.25, -0.2) is 0 Å². The van der Waals surface area contributed by atoms with Crippen molar-refractivity contribution in [3.63, 3.8) is 0 Å². The number of fused-ring (bicyclic) bond motifs is 1. The molecule has 2 amide bonds. The van der Waals surface area contributed by atoms with Crippen LogP contribution in [0.5, 0.6) is 11.5 Å². The van der Waals surface area contributed by atoms with E-state index in [-0.39, 0.29) is 11.8 Å². The van der Waals surface area contributed by atoms with Crippen LogP contribution in [0.1, 0.15) is 38.2 Å². The van der Waals surface area contributed by atoms with E-state index in [4.69, 9.17) is 9.47 Å². The van der Waals surface area contributed by atoms with Crippen LogP contribution >= 0.6 is 0 Å². The minimum absolute atomic E-state index is 0.00904. The van der Waals surface area contributed by atoms with Crippen molar-refractivity contribution >= 4 is 11.8 Å². The Kier molecular flexibility index (Phi) is 6.90. The number of nitrogens with zero attached hydrogens (tertiary/aromatic N) is 1. The minimum atomic E-state index is -0.00904. The summed E-state index contributed by atoms with van der Waals surface area (Å²) in [5.74, 6) is 1.63. The molecule has 1 aliphatic rings. The van der Waals surface area contributed by atoms with Crippen LogP contribution in [0.4, 0.5) is 0 Å². The summed E-state index contributed by atoms with van der Waals surface area (Å²) >= 11 is 0. The molecule has 1 N–H and O–H groups in total. The molecule has 132 valence electrons. The van der Waals surface area contributed by atoms with Gasteiger partial charge in [0.1, 0.15) is 13.2 Å². The Bertz CT molecular complexity index is 574. The number of rotatable bonds is 8. The van der Waals surface area contributed by atoms with Crippen LogP contribution in [0.3, 0.4) is 0 Å². The predicted octanol–water partition coefficient (Wildman–Crippen LogP) is 2.11. The largest absolute Gasteiger partial charge is 0.486 e. The summed E-state index contributed by atoms with van der Waals surface area (Å²) in [5, 5.41) is 2.76. The predicted molar refractivity (Wildman–Crippen MR) is 91.1 cm³/mol. The highest BCUT2D eigenvalue weighted by atomic mass is 16.6. The van der Waals surface area contributed by atoms with Crippen molar-refractivity contribution in [2.24, 2.45) is 0 Å². The van der Waals surface area contributed by atoms with Crippen molar-refractivity contribution in [1.29, 1.82) is 0 Å². The van der Waals surface area contributed by atoms with Crippen LogP contribution in [0.15, 0.2) is 18.2 Å². The summed E-state index contributed by atoms with van der Waals surface area (Å²) in [6.07, 6.45) is 3.20. The van der Waals surface area contributed by atoms with Crippen LogP contribution in [0.2, 0.25) is 0 Å². The van der Waals surface area contributed by atoms with Crippen molar-refractivity contribution in [2.75, 3.05) is 26.8 Å². The Morgan fingerprint density at radius 3 is 2.62 bits per heavy atom. The Hall–Kier alpha value is -2.24. The number of unbranched alkanes of at least 4 members (excludes halogenated alkanes) is 2. The van der Waals surface area contributed by atoms with E-state index >= 15 is 0 Å². The maximum atomic E-state index is 12.2. The van der Waals surface area contributed by atoms with Crippen molar-refractivity contribution < 1.29 is 19.1 Å². The summed E-state index contributed by atoms with van der Waals surface area (Å²) < 4.78 is 11.1. The van der Waals surface area contributed by atoms with E-state index in [2.05, 4.69) is 5.32 Å². The van der Waals surface area contributed by atoms with Gasteiger partial charge in [-0.1, -0.05) is 12.5 Å². The monoisotopic (exact) mass is 334 g/mol. The van der Waals surface area contributed by atoms with Crippen LogP contribution in [-0.4, -0.2) is 43.5 Å². The second-order valence-corrected chi connectivity index (χ2v) is 6.02. The van der Waals surface area contributed by atoms with Crippen molar-refractivity contribution in [2.45, 2.75) is 39.2 Å². The maximum Gasteiger partial charge on any atom is 0.222 e. The first kappa shape index (κ1) is 18.1. The van der Waals surface area contributed by atoms with Crippen molar-refractivity contribution in [3.05, 3.63) is 23.8 Å². The lowest BCUT2D eigenvalue weighted by molar-refractivity contribution is -0.130. The molecule has 6 heteroatoms. The third-order valence-corrected chi connectivity index (χ3v) is 3.89. The summed E-state index contributed by atoms with van der Waals surface area (Å²) in [7, 11) is 1.82. The molecular formula is C18H26N2O4. The second-order valence-electron chi connectivity index (χ2n) is 6.02. The maximum absolute atomic E-state index is 12.2. The number of amides is 2. The molecule has 1 aliphatic heterocycles. The fourth-order valence-corrected chi connectivity index (χ4v) is 2.58. The van der Waals surface area contributed by atoms with Crippen molar-refractivity contribution in [1.82, 2.24) is 10.2 Å². The zero-order valence-corrected chi connectivity index (χ0v) is 14.5. The molecule has 0 saturated carbocycles. The molecule has 0 aliphatic carbocycles. The van der Waals surface area contributed by atoms with E-state index < -0.39 is 0 Å². The molecule has 0 fully saturated rings. The van der Waals surface area contributed by atoms with E-state index in [0.717, 1.165) is 36.3 Å². The van der Waals surface area contributed by atoms with E-state index in [1.54, 1.807) is 4.90 Å². The van der Waals surface area contributed by atoms with Gasteiger partial charge in [0.25, 0.3) is 0 Å². The summed E-state index contributed by atoms with van der Waals surface area (Å²) in [6, 6.07) is 5.79. The molecule has 1 heterocycles. The van der Waals surface area contributed by atoms with Gasteiger partial charge in [0, 0.05) is 33.5 Å². The number of ether oxygens (including phenoxy) is 2. The Morgan fingerprint density at radius 2 is 1.88 bits per heavy atom.